The fraction of sp³-hybridized carbons (Fsp3) is 0.200. The fourth-order valence-corrected chi connectivity index (χ4v) is 0.999. The molecule has 72 valence electrons. The van der Waals surface area contributed by atoms with E-state index in [1.807, 2.05) is 0 Å². The van der Waals surface area contributed by atoms with Gasteiger partial charge in [-0.1, -0.05) is 0 Å². The van der Waals surface area contributed by atoms with Gasteiger partial charge >= 0.3 is 0 Å². The number of rotatable bonds is 3. The Bertz CT molecular complexity index is 396. The molecule has 0 unspecified atom stereocenters. The lowest BCUT2D eigenvalue weighted by Crippen LogP contribution is -2.07. The lowest BCUT2D eigenvalue weighted by Gasteiger charge is -2.00. The highest BCUT2D eigenvalue weighted by Crippen LogP contribution is 2.10. The van der Waals surface area contributed by atoms with Crippen LogP contribution in [0.4, 0.5) is 4.39 Å². The first-order valence-corrected chi connectivity index (χ1v) is 3.91. The summed E-state index contributed by atoms with van der Waals surface area (Å²) in [6.07, 6.45) is 0. The molecule has 1 rings (SSSR count). The molecule has 0 aliphatic heterocycles. The molecule has 0 heterocycles. The summed E-state index contributed by atoms with van der Waals surface area (Å²) in [6, 6.07) is 5.31. The number of carbonyl (C=O) groups excluding carboxylic acids is 1. The number of ether oxygens (including phenoxy) is 1. The van der Waals surface area contributed by atoms with Crippen molar-refractivity contribution in [1.29, 1.82) is 5.26 Å². The quantitative estimate of drug-likeness (QED) is 0.684. The zero-order chi connectivity index (χ0) is 10.6. The molecule has 0 radical (unpaired) electrons. The van der Waals surface area contributed by atoms with Crippen LogP contribution in [-0.4, -0.2) is 19.5 Å². The number of hydrogen-bond donors (Lipinski definition) is 0. The van der Waals surface area contributed by atoms with E-state index < -0.39 is 5.82 Å². The van der Waals surface area contributed by atoms with Crippen LogP contribution in [0.3, 0.4) is 0 Å². The second-order valence-corrected chi connectivity index (χ2v) is 2.66. The minimum atomic E-state index is -0.624. The maximum Gasteiger partial charge on any atom is 0.188 e. The number of ketones is 1. The second kappa shape index (κ2) is 4.49. The molecule has 0 aromatic heterocycles. The van der Waals surface area contributed by atoms with Crippen LogP contribution < -0.4 is 0 Å². The smallest absolute Gasteiger partial charge is 0.188 e. The van der Waals surface area contributed by atoms with Gasteiger partial charge in [-0.15, -0.1) is 0 Å². The molecule has 0 fully saturated rings. The summed E-state index contributed by atoms with van der Waals surface area (Å²) in [7, 11) is 1.40. The van der Waals surface area contributed by atoms with Crippen molar-refractivity contribution in [2.75, 3.05) is 13.7 Å². The van der Waals surface area contributed by atoms with Gasteiger partial charge in [0.05, 0.1) is 5.56 Å². The predicted octanol–water partition coefficient (Wildman–Crippen LogP) is 1.53. The number of nitrogens with zero attached hydrogens (tertiary/aromatic N) is 1. The van der Waals surface area contributed by atoms with Crippen molar-refractivity contribution >= 4 is 5.78 Å². The molecular formula is C10H8FNO2. The number of methoxy groups -OCH3 is 1. The Balaban J connectivity index is 3.02. The van der Waals surface area contributed by atoms with Gasteiger partial charge in [0.1, 0.15) is 18.5 Å². The van der Waals surface area contributed by atoms with Crippen LogP contribution in [0.1, 0.15) is 15.9 Å². The number of carbonyl (C=O) groups is 1. The molecule has 4 heteroatoms. The van der Waals surface area contributed by atoms with Crippen molar-refractivity contribution in [3.05, 3.63) is 35.1 Å². The van der Waals surface area contributed by atoms with E-state index in [2.05, 4.69) is 4.74 Å². The molecule has 1 aromatic rings. The Kier molecular flexibility index (Phi) is 3.32. The Hall–Kier alpha value is -1.73. The molecule has 0 amide bonds. The molecule has 0 spiro atoms. The van der Waals surface area contributed by atoms with Crippen LogP contribution in [0.15, 0.2) is 18.2 Å². The zero-order valence-corrected chi connectivity index (χ0v) is 7.58. The third kappa shape index (κ3) is 2.15. The largest absolute Gasteiger partial charge is 0.377 e. The monoisotopic (exact) mass is 193 g/mol. The molecule has 3 nitrogen and oxygen atoms in total. The molecule has 0 atom stereocenters. The highest BCUT2D eigenvalue weighted by Gasteiger charge is 2.08. The number of hydrogen-bond acceptors (Lipinski definition) is 3. The van der Waals surface area contributed by atoms with E-state index >= 15 is 0 Å². The summed E-state index contributed by atoms with van der Waals surface area (Å²) < 4.78 is 17.5. The number of nitriles is 1. The summed E-state index contributed by atoms with van der Waals surface area (Å²) in [6.45, 7) is -0.0729. The van der Waals surface area contributed by atoms with E-state index in [4.69, 9.17) is 5.26 Å². The van der Waals surface area contributed by atoms with Gasteiger partial charge in [-0.05, 0) is 18.2 Å². The molecular weight excluding hydrogens is 185 g/mol. The van der Waals surface area contributed by atoms with Crippen LogP contribution in [0, 0.1) is 17.1 Å². The highest BCUT2D eigenvalue weighted by atomic mass is 19.1. The molecule has 1 aromatic carbocycles. The number of Topliss-reactive ketones (excluding diaryl/α,β-unsaturated/α-hetero) is 1. The van der Waals surface area contributed by atoms with Crippen molar-refractivity contribution in [1.82, 2.24) is 0 Å². The molecule has 14 heavy (non-hydrogen) atoms. The Morgan fingerprint density at radius 3 is 2.93 bits per heavy atom. The molecule has 0 saturated heterocycles. The summed E-state index contributed by atoms with van der Waals surface area (Å²) in [5.41, 5.74) is 0.150. The van der Waals surface area contributed by atoms with Crippen LogP contribution in [0.5, 0.6) is 0 Å². The Morgan fingerprint density at radius 1 is 1.64 bits per heavy atom. The van der Waals surface area contributed by atoms with E-state index in [0.29, 0.717) is 0 Å². The van der Waals surface area contributed by atoms with Gasteiger partial charge in [0.15, 0.2) is 5.78 Å². The number of benzene rings is 1. The first kappa shape index (κ1) is 10.4. The fourth-order valence-electron chi connectivity index (χ4n) is 0.999. The Morgan fingerprint density at radius 2 is 2.36 bits per heavy atom. The van der Waals surface area contributed by atoms with Gasteiger partial charge in [-0.2, -0.15) is 5.26 Å². The van der Waals surface area contributed by atoms with Crippen LogP contribution in [-0.2, 0) is 4.74 Å². The van der Waals surface area contributed by atoms with Crippen molar-refractivity contribution in [2.45, 2.75) is 0 Å². The average molecular weight is 193 g/mol. The van der Waals surface area contributed by atoms with Crippen LogP contribution in [0.2, 0.25) is 0 Å². The highest BCUT2D eigenvalue weighted by molar-refractivity contribution is 5.97. The Labute approximate surface area is 80.7 Å². The second-order valence-electron chi connectivity index (χ2n) is 2.66. The predicted molar refractivity (Wildman–Crippen MR) is 47.3 cm³/mol. The summed E-state index contributed by atoms with van der Waals surface area (Å²) >= 11 is 0. The van der Waals surface area contributed by atoms with Gasteiger partial charge < -0.3 is 4.74 Å². The zero-order valence-electron chi connectivity index (χ0n) is 7.58. The van der Waals surface area contributed by atoms with Gasteiger partial charge in [0, 0.05) is 12.7 Å². The first-order valence-electron chi connectivity index (χ1n) is 3.91. The number of halogens is 1. The van der Waals surface area contributed by atoms with Crippen LogP contribution >= 0.6 is 0 Å². The van der Waals surface area contributed by atoms with E-state index in [9.17, 15) is 9.18 Å². The maximum absolute atomic E-state index is 12.9. The van der Waals surface area contributed by atoms with E-state index in [0.717, 1.165) is 6.07 Å². The standard InChI is InChI=1S/C10H8FNO2/c1-14-6-10(13)7-2-3-9(11)8(4-7)5-12/h2-4H,6H2,1H3. The van der Waals surface area contributed by atoms with Crippen molar-refractivity contribution in [3.8, 4) is 6.07 Å². The third-order valence-corrected chi connectivity index (χ3v) is 1.68. The average Bonchev–Trinajstić information content (AvgIpc) is 2.19. The third-order valence-electron chi connectivity index (χ3n) is 1.68. The maximum atomic E-state index is 12.9. The minimum absolute atomic E-state index is 0.0729. The van der Waals surface area contributed by atoms with Gasteiger partial charge in [0.25, 0.3) is 0 Å². The lowest BCUT2D eigenvalue weighted by atomic mass is 10.1. The summed E-state index contributed by atoms with van der Waals surface area (Å²) in [4.78, 5) is 11.3. The van der Waals surface area contributed by atoms with E-state index in [1.165, 1.54) is 19.2 Å². The van der Waals surface area contributed by atoms with Crippen molar-refractivity contribution < 1.29 is 13.9 Å². The molecule has 0 aliphatic carbocycles. The van der Waals surface area contributed by atoms with E-state index in [1.54, 1.807) is 6.07 Å². The van der Waals surface area contributed by atoms with Crippen LogP contribution in [0.25, 0.3) is 0 Å². The summed E-state index contributed by atoms with van der Waals surface area (Å²) in [5.74, 6) is -0.898. The van der Waals surface area contributed by atoms with Crippen molar-refractivity contribution in [2.24, 2.45) is 0 Å². The topological polar surface area (TPSA) is 50.1 Å². The van der Waals surface area contributed by atoms with E-state index in [-0.39, 0.29) is 23.5 Å². The molecule has 0 saturated carbocycles. The summed E-state index contributed by atoms with van der Waals surface area (Å²) in [5, 5.41) is 8.52. The normalized spacial score (nSPS) is 9.50. The van der Waals surface area contributed by atoms with Gasteiger partial charge in [0.2, 0.25) is 0 Å². The first-order chi connectivity index (χ1) is 6.69. The molecule has 0 aliphatic rings. The van der Waals surface area contributed by atoms with Crippen molar-refractivity contribution in [3.63, 3.8) is 0 Å². The van der Waals surface area contributed by atoms with Gasteiger partial charge in [-0.3, -0.25) is 4.79 Å². The minimum Gasteiger partial charge on any atom is -0.377 e. The van der Waals surface area contributed by atoms with Gasteiger partial charge in [-0.25, -0.2) is 4.39 Å². The SMILES string of the molecule is COCC(=O)c1ccc(F)c(C#N)c1. The lowest BCUT2D eigenvalue weighted by molar-refractivity contribution is 0.0848. The molecule has 0 bridgehead atoms. The molecule has 0 N–H and O–H groups in total.